The van der Waals surface area contributed by atoms with Gasteiger partial charge in [-0.25, -0.2) is 0 Å². The monoisotopic (exact) mass is 182 g/mol. The Balaban J connectivity index is 3.12. The Bertz CT molecular complexity index is 247. The number of carbonyl (C=O) groups is 1. The van der Waals surface area contributed by atoms with Crippen LogP contribution in [0.15, 0.2) is 12.7 Å². The van der Waals surface area contributed by atoms with Gasteiger partial charge >= 0.3 is 5.97 Å². The van der Waals surface area contributed by atoms with E-state index in [2.05, 4.69) is 6.58 Å². The average Bonchev–Trinajstić information content (AvgIpc) is 2.29. The van der Waals surface area contributed by atoms with E-state index in [1.165, 1.54) is 0 Å². The van der Waals surface area contributed by atoms with Crippen LogP contribution >= 0.6 is 0 Å². The lowest BCUT2D eigenvalue weighted by molar-refractivity contribution is -0.145. The highest BCUT2D eigenvalue weighted by molar-refractivity contribution is 5.82. The van der Waals surface area contributed by atoms with Crippen molar-refractivity contribution in [3.05, 3.63) is 12.7 Å². The molecule has 1 rings (SSSR count). The molecule has 13 heavy (non-hydrogen) atoms. The quantitative estimate of drug-likeness (QED) is 0.681. The van der Waals surface area contributed by atoms with E-state index in [1.807, 2.05) is 27.7 Å². The van der Waals surface area contributed by atoms with Gasteiger partial charge in [0.05, 0.1) is 5.41 Å². The Morgan fingerprint density at radius 1 is 1.31 bits per heavy atom. The number of hydrogen-bond donors (Lipinski definition) is 1. The molecule has 2 heteroatoms. The normalized spacial score (nSPS) is 26.5. The summed E-state index contributed by atoms with van der Waals surface area (Å²) in [6.07, 6.45) is 2.27. The van der Waals surface area contributed by atoms with Gasteiger partial charge < -0.3 is 5.11 Å². The first-order valence-corrected chi connectivity index (χ1v) is 4.60. The van der Waals surface area contributed by atoms with E-state index in [0.29, 0.717) is 6.42 Å². The van der Waals surface area contributed by atoms with Gasteiger partial charge in [0.15, 0.2) is 0 Å². The van der Waals surface area contributed by atoms with Gasteiger partial charge in [-0.3, -0.25) is 4.79 Å². The Hall–Kier alpha value is -0.790. The molecule has 0 atom stereocenters. The van der Waals surface area contributed by atoms with Gasteiger partial charge in [-0.2, -0.15) is 0 Å². The third-order valence-electron chi connectivity index (χ3n) is 4.45. The first-order valence-electron chi connectivity index (χ1n) is 4.60. The number of hydrogen-bond acceptors (Lipinski definition) is 1. The van der Waals surface area contributed by atoms with Gasteiger partial charge in [0.1, 0.15) is 0 Å². The Labute approximate surface area is 79.6 Å². The van der Waals surface area contributed by atoms with Gasteiger partial charge in [-0.15, -0.1) is 6.58 Å². The molecule has 0 unspecified atom stereocenters. The third kappa shape index (κ3) is 0.812. The van der Waals surface area contributed by atoms with Crippen molar-refractivity contribution in [2.24, 2.45) is 16.2 Å². The van der Waals surface area contributed by atoms with Gasteiger partial charge in [0.25, 0.3) is 0 Å². The minimum Gasteiger partial charge on any atom is -0.481 e. The van der Waals surface area contributed by atoms with E-state index in [-0.39, 0.29) is 10.8 Å². The fourth-order valence-corrected chi connectivity index (χ4v) is 2.78. The molecule has 0 aromatic heterocycles. The number of aliphatic carboxylic acids is 1. The highest BCUT2D eigenvalue weighted by Gasteiger charge is 2.80. The van der Waals surface area contributed by atoms with Crippen molar-refractivity contribution in [1.29, 1.82) is 0 Å². The summed E-state index contributed by atoms with van der Waals surface area (Å²) in [4.78, 5) is 11.3. The second kappa shape index (κ2) is 2.37. The summed E-state index contributed by atoms with van der Waals surface area (Å²) in [5.74, 6) is -0.692. The molecule has 1 fully saturated rings. The standard InChI is InChI=1S/C11H18O2/c1-6-7-11(8(12)13)9(2,3)10(11,4)5/h6H,1,7H2,2-5H3,(H,12,13). The number of carboxylic acids is 1. The SMILES string of the molecule is C=CCC1(C(=O)O)C(C)(C)C1(C)C. The van der Waals surface area contributed by atoms with Crippen molar-refractivity contribution >= 4 is 5.97 Å². The molecular weight excluding hydrogens is 164 g/mol. The number of allylic oxidation sites excluding steroid dienone is 1. The van der Waals surface area contributed by atoms with Crippen molar-refractivity contribution in [1.82, 2.24) is 0 Å². The van der Waals surface area contributed by atoms with Crippen LogP contribution in [0.5, 0.6) is 0 Å². The molecule has 1 aliphatic rings. The highest BCUT2D eigenvalue weighted by atomic mass is 16.4. The van der Waals surface area contributed by atoms with Gasteiger partial charge in [-0.05, 0) is 17.3 Å². The molecule has 0 bridgehead atoms. The molecule has 0 radical (unpaired) electrons. The summed E-state index contributed by atoms with van der Waals surface area (Å²) in [5, 5.41) is 9.26. The van der Waals surface area contributed by atoms with Crippen LogP contribution in [-0.2, 0) is 4.79 Å². The van der Waals surface area contributed by atoms with Crippen molar-refractivity contribution in [3.8, 4) is 0 Å². The average molecular weight is 182 g/mol. The number of carboxylic acid groups (broad SMARTS) is 1. The lowest BCUT2D eigenvalue weighted by Gasteiger charge is -2.13. The fourth-order valence-electron chi connectivity index (χ4n) is 2.78. The largest absolute Gasteiger partial charge is 0.481 e. The summed E-state index contributed by atoms with van der Waals surface area (Å²) < 4.78 is 0. The predicted molar refractivity (Wildman–Crippen MR) is 52.4 cm³/mol. The maximum absolute atomic E-state index is 11.3. The summed E-state index contributed by atoms with van der Waals surface area (Å²) in [7, 11) is 0. The second-order valence-corrected chi connectivity index (χ2v) is 4.95. The van der Waals surface area contributed by atoms with E-state index < -0.39 is 11.4 Å². The summed E-state index contributed by atoms with van der Waals surface area (Å²) in [6, 6.07) is 0. The zero-order chi connectivity index (χ0) is 10.5. The van der Waals surface area contributed by atoms with E-state index >= 15 is 0 Å². The van der Waals surface area contributed by atoms with Crippen LogP contribution in [0.1, 0.15) is 34.1 Å². The molecule has 1 N–H and O–H groups in total. The van der Waals surface area contributed by atoms with E-state index in [9.17, 15) is 9.90 Å². The molecular formula is C11H18O2. The van der Waals surface area contributed by atoms with Crippen molar-refractivity contribution < 1.29 is 9.90 Å². The molecule has 0 aromatic carbocycles. The molecule has 0 saturated heterocycles. The predicted octanol–water partition coefficient (Wildman–Crippen LogP) is 2.70. The molecule has 2 nitrogen and oxygen atoms in total. The molecule has 0 heterocycles. The fraction of sp³-hybridized carbons (Fsp3) is 0.727. The Morgan fingerprint density at radius 2 is 1.69 bits per heavy atom. The second-order valence-electron chi connectivity index (χ2n) is 4.95. The highest BCUT2D eigenvalue weighted by Crippen LogP contribution is 2.79. The van der Waals surface area contributed by atoms with Gasteiger partial charge in [0, 0.05) is 0 Å². The van der Waals surface area contributed by atoms with Gasteiger partial charge in [-0.1, -0.05) is 33.8 Å². The maximum atomic E-state index is 11.3. The van der Waals surface area contributed by atoms with Crippen LogP contribution in [0.2, 0.25) is 0 Å². The minimum absolute atomic E-state index is 0.139. The van der Waals surface area contributed by atoms with Crippen LogP contribution in [0, 0.1) is 16.2 Å². The van der Waals surface area contributed by atoms with Crippen molar-refractivity contribution in [3.63, 3.8) is 0 Å². The zero-order valence-electron chi connectivity index (χ0n) is 8.85. The smallest absolute Gasteiger partial charge is 0.311 e. The first-order chi connectivity index (χ1) is 5.75. The van der Waals surface area contributed by atoms with Crippen LogP contribution in [0.3, 0.4) is 0 Å². The van der Waals surface area contributed by atoms with Gasteiger partial charge in [0.2, 0.25) is 0 Å². The van der Waals surface area contributed by atoms with E-state index in [0.717, 1.165) is 0 Å². The first kappa shape index (κ1) is 10.3. The van der Waals surface area contributed by atoms with Crippen LogP contribution in [0.25, 0.3) is 0 Å². The molecule has 1 aliphatic carbocycles. The summed E-state index contributed by atoms with van der Waals surface area (Å²) in [5.41, 5.74) is -0.887. The van der Waals surface area contributed by atoms with E-state index in [4.69, 9.17) is 0 Å². The molecule has 0 spiro atoms. The van der Waals surface area contributed by atoms with Crippen LogP contribution in [-0.4, -0.2) is 11.1 Å². The molecule has 74 valence electrons. The summed E-state index contributed by atoms with van der Waals surface area (Å²) >= 11 is 0. The van der Waals surface area contributed by atoms with E-state index in [1.54, 1.807) is 6.08 Å². The minimum atomic E-state index is -0.692. The third-order valence-corrected chi connectivity index (χ3v) is 4.45. The molecule has 0 aromatic rings. The zero-order valence-corrected chi connectivity index (χ0v) is 8.85. The summed E-state index contributed by atoms with van der Waals surface area (Å²) in [6.45, 7) is 11.7. The molecule has 0 amide bonds. The topological polar surface area (TPSA) is 37.3 Å². The lowest BCUT2D eigenvalue weighted by atomic mass is 9.91. The van der Waals surface area contributed by atoms with Crippen molar-refractivity contribution in [2.45, 2.75) is 34.1 Å². The molecule has 0 aliphatic heterocycles. The number of rotatable bonds is 3. The maximum Gasteiger partial charge on any atom is 0.311 e. The Morgan fingerprint density at radius 3 is 1.77 bits per heavy atom. The van der Waals surface area contributed by atoms with Crippen molar-refractivity contribution in [2.75, 3.05) is 0 Å². The Kier molecular flexibility index (Phi) is 1.88. The van der Waals surface area contributed by atoms with Crippen LogP contribution < -0.4 is 0 Å². The van der Waals surface area contributed by atoms with Crippen LogP contribution in [0.4, 0.5) is 0 Å². The lowest BCUT2D eigenvalue weighted by Crippen LogP contribution is -2.22. The molecule has 1 saturated carbocycles.